The van der Waals surface area contributed by atoms with Gasteiger partial charge in [0.05, 0.1) is 10.6 Å². The minimum atomic E-state index is -0.444. The Morgan fingerprint density at radius 1 is 1.00 bits per heavy atom. The Labute approximate surface area is 180 Å². The van der Waals surface area contributed by atoms with E-state index in [1.165, 1.54) is 11.6 Å². The van der Waals surface area contributed by atoms with Crippen LogP contribution in [-0.2, 0) is 11.2 Å². The van der Waals surface area contributed by atoms with Gasteiger partial charge < -0.3 is 15.1 Å². The number of thioether (sulfide) groups is 1. The summed E-state index contributed by atoms with van der Waals surface area (Å²) in [6.45, 7) is 1.87. The number of likely N-dealkylation sites (tertiary alicyclic amines) is 1. The van der Waals surface area contributed by atoms with Crippen molar-refractivity contribution >= 4 is 29.4 Å². The fourth-order valence-corrected chi connectivity index (χ4v) is 5.70. The largest absolute Gasteiger partial charge is 0.327 e. The second-order valence-corrected chi connectivity index (χ2v) is 9.18. The van der Waals surface area contributed by atoms with Gasteiger partial charge in [-0.3, -0.25) is 4.79 Å². The topological polar surface area (TPSA) is 52.7 Å². The molecular weight excluding hydrogens is 401 g/mol. The van der Waals surface area contributed by atoms with Crippen molar-refractivity contribution in [2.75, 3.05) is 30.7 Å². The van der Waals surface area contributed by atoms with Crippen LogP contribution in [0.2, 0.25) is 0 Å². The van der Waals surface area contributed by atoms with Crippen LogP contribution in [0.1, 0.15) is 24.8 Å². The SMILES string of the molecule is O=C(Nc1ccccc1F)N1CCC2(CC1)SCCN2C(=O)CCc1ccccc1. The van der Waals surface area contributed by atoms with Crippen molar-refractivity contribution in [2.24, 2.45) is 0 Å². The molecule has 3 amide bonds. The molecule has 0 aromatic heterocycles. The molecule has 0 unspecified atom stereocenters. The van der Waals surface area contributed by atoms with Crippen LogP contribution in [0.4, 0.5) is 14.9 Å². The highest BCUT2D eigenvalue weighted by Gasteiger charge is 2.46. The molecule has 0 bridgehead atoms. The first kappa shape index (κ1) is 20.7. The van der Waals surface area contributed by atoms with Gasteiger partial charge in [0, 0.05) is 31.8 Å². The maximum Gasteiger partial charge on any atom is 0.321 e. The summed E-state index contributed by atoms with van der Waals surface area (Å²) in [5.41, 5.74) is 1.36. The van der Waals surface area contributed by atoms with Crippen molar-refractivity contribution in [1.82, 2.24) is 9.80 Å². The summed E-state index contributed by atoms with van der Waals surface area (Å²) in [4.78, 5) is 29.0. The summed E-state index contributed by atoms with van der Waals surface area (Å²) in [6.07, 6.45) is 2.72. The average molecular weight is 428 g/mol. The number of carbonyl (C=O) groups excluding carboxylic acids is 2. The molecule has 2 fully saturated rings. The highest BCUT2D eigenvalue weighted by atomic mass is 32.2. The summed E-state index contributed by atoms with van der Waals surface area (Å²) in [5, 5.41) is 2.66. The molecule has 2 aromatic rings. The van der Waals surface area contributed by atoms with Gasteiger partial charge >= 0.3 is 6.03 Å². The van der Waals surface area contributed by atoms with Crippen LogP contribution < -0.4 is 5.32 Å². The van der Waals surface area contributed by atoms with E-state index in [1.54, 1.807) is 23.1 Å². The Bertz CT molecular complexity index is 900. The molecule has 0 radical (unpaired) electrons. The molecule has 0 atom stereocenters. The second kappa shape index (κ2) is 9.08. The van der Waals surface area contributed by atoms with Crippen molar-refractivity contribution < 1.29 is 14.0 Å². The molecule has 2 aliphatic heterocycles. The molecular formula is C23H26FN3O2S. The van der Waals surface area contributed by atoms with Crippen molar-refractivity contribution in [3.63, 3.8) is 0 Å². The normalized spacial score (nSPS) is 17.9. The fraction of sp³-hybridized carbons (Fsp3) is 0.391. The first-order valence-corrected chi connectivity index (χ1v) is 11.3. The molecule has 2 aromatic carbocycles. The maximum atomic E-state index is 13.8. The van der Waals surface area contributed by atoms with Crippen LogP contribution in [0, 0.1) is 5.82 Å². The molecule has 0 saturated carbocycles. The number of hydrogen-bond donors (Lipinski definition) is 1. The number of piperidine rings is 1. The quantitative estimate of drug-likeness (QED) is 0.789. The Morgan fingerprint density at radius 3 is 2.43 bits per heavy atom. The number of hydrogen-bond acceptors (Lipinski definition) is 3. The number of nitrogens with zero attached hydrogens (tertiary/aromatic N) is 2. The summed E-state index contributed by atoms with van der Waals surface area (Å²) >= 11 is 1.83. The molecule has 2 aliphatic rings. The third-order valence-electron chi connectivity index (χ3n) is 5.90. The van der Waals surface area contributed by atoms with Crippen LogP contribution in [-0.4, -0.2) is 52.0 Å². The van der Waals surface area contributed by atoms with Gasteiger partial charge in [-0.25, -0.2) is 9.18 Å². The first-order valence-electron chi connectivity index (χ1n) is 10.4. The molecule has 1 N–H and O–H groups in total. The Hall–Kier alpha value is -2.54. The second-order valence-electron chi connectivity index (χ2n) is 7.72. The van der Waals surface area contributed by atoms with E-state index in [-0.39, 0.29) is 22.5 Å². The Balaban J connectivity index is 1.33. The zero-order valence-corrected chi connectivity index (χ0v) is 17.7. The van der Waals surface area contributed by atoms with Gasteiger partial charge in [0.2, 0.25) is 5.91 Å². The smallest absolute Gasteiger partial charge is 0.321 e. The minimum absolute atomic E-state index is 0.188. The van der Waals surface area contributed by atoms with E-state index in [0.717, 1.165) is 31.6 Å². The number of benzene rings is 2. The predicted octanol–water partition coefficient (Wildman–Crippen LogP) is 4.36. The summed E-state index contributed by atoms with van der Waals surface area (Å²) < 4.78 is 13.8. The third kappa shape index (κ3) is 4.46. The lowest BCUT2D eigenvalue weighted by atomic mass is 10.0. The van der Waals surface area contributed by atoms with Gasteiger partial charge in [-0.15, -0.1) is 11.8 Å². The Kier molecular flexibility index (Phi) is 6.27. The van der Waals surface area contributed by atoms with Gasteiger partial charge in [-0.1, -0.05) is 42.5 Å². The van der Waals surface area contributed by atoms with Crippen molar-refractivity contribution in [1.29, 1.82) is 0 Å². The molecule has 2 saturated heterocycles. The molecule has 5 nitrogen and oxygen atoms in total. The number of rotatable bonds is 4. The zero-order valence-electron chi connectivity index (χ0n) is 16.9. The van der Waals surface area contributed by atoms with E-state index < -0.39 is 5.82 Å². The lowest BCUT2D eigenvalue weighted by molar-refractivity contribution is -0.134. The molecule has 1 spiro atoms. The van der Waals surface area contributed by atoms with Crippen molar-refractivity contribution in [3.05, 3.63) is 66.0 Å². The molecule has 7 heteroatoms. The third-order valence-corrected chi connectivity index (χ3v) is 7.45. The number of para-hydroxylation sites is 1. The van der Waals surface area contributed by atoms with Crippen molar-refractivity contribution in [3.8, 4) is 0 Å². The highest BCUT2D eigenvalue weighted by molar-refractivity contribution is 8.00. The predicted molar refractivity (Wildman–Crippen MR) is 118 cm³/mol. The molecule has 30 heavy (non-hydrogen) atoms. The number of halogens is 1. The lowest BCUT2D eigenvalue weighted by Crippen LogP contribution is -2.54. The molecule has 158 valence electrons. The van der Waals surface area contributed by atoms with Crippen LogP contribution in [0.25, 0.3) is 0 Å². The lowest BCUT2D eigenvalue weighted by Gasteiger charge is -2.44. The standard InChI is InChI=1S/C23H26FN3O2S/c24-19-8-4-5-9-20(19)25-22(29)26-14-12-23(13-15-26)27(16-17-30-23)21(28)11-10-18-6-2-1-3-7-18/h1-9H,10-17H2,(H,25,29). The van der Waals surface area contributed by atoms with Crippen LogP contribution in [0.15, 0.2) is 54.6 Å². The van der Waals surface area contributed by atoms with E-state index in [4.69, 9.17) is 0 Å². The highest BCUT2D eigenvalue weighted by Crippen LogP contribution is 2.44. The van der Waals surface area contributed by atoms with E-state index >= 15 is 0 Å². The number of urea groups is 1. The monoisotopic (exact) mass is 427 g/mol. The van der Waals surface area contributed by atoms with E-state index in [1.807, 2.05) is 34.9 Å². The van der Waals surface area contributed by atoms with Gasteiger partial charge in [0.1, 0.15) is 5.82 Å². The minimum Gasteiger partial charge on any atom is -0.327 e. The van der Waals surface area contributed by atoms with E-state index in [9.17, 15) is 14.0 Å². The maximum absolute atomic E-state index is 13.8. The summed E-state index contributed by atoms with van der Waals surface area (Å²) in [5.74, 6) is 0.673. The van der Waals surface area contributed by atoms with E-state index in [0.29, 0.717) is 19.5 Å². The summed E-state index contributed by atoms with van der Waals surface area (Å²) in [6, 6.07) is 15.9. The number of anilines is 1. The van der Waals surface area contributed by atoms with Crippen LogP contribution in [0.3, 0.4) is 0 Å². The zero-order chi connectivity index (χ0) is 21.0. The molecule has 2 heterocycles. The number of aryl methyl sites for hydroxylation is 1. The van der Waals surface area contributed by atoms with Gasteiger partial charge in [0.25, 0.3) is 0 Å². The first-order chi connectivity index (χ1) is 14.6. The van der Waals surface area contributed by atoms with Crippen LogP contribution >= 0.6 is 11.8 Å². The number of amides is 3. The number of carbonyl (C=O) groups is 2. The Morgan fingerprint density at radius 2 is 1.70 bits per heavy atom. The average Bonchev–Trinajstić information content (AvgIpc) is 3.18. The van der Waals surface area contributed by atoms with Crippen LogP contribution in [0.5, 0.6) is 0 Å². The number of nitrogens with one attached hydrogen (secondary N) is 1. The molecule has 4 rings (SSSR count). The van der Waals surface area contributed by atoms with Gasteiger partial charge in [0.15, 0.2) is 0 Å². The van der Waals surface area contributed by atoms with Gasteiger partial charge in [-0.2, -0.15) is 0 Å². The van der Waals surface area contributed by atoms with E-state index in [2.05, 4.69) is 17.4 Å². The molecule has 0 aliphatic carbocycles. The fourth-order valence-electron chi connectivity index (χ4n) is 4.22. The van der Waals surface area contributed by atoms with Gasteiger partial charge in [-0.05, 0) is 37.0 Å². The summed E-state index contributed by atoms with van der Waals surface area (Å²) in [7, 11) is 0. The van der Waals surface area contributed by atoms with Crippen molar-refractivity contribution in [2.45, 2.75) is 30.6 Å².